The Labute approximate surface area is 114 Å². The van der Waals surface area contributed by atoms with E-state index in [1.54, 1.807) is 20.1 Å². The number of methoxy groups -OCH3 is 1. The second-order valence-electron chi connectivity index (χ2n) is 4.84. The SMILES string of the molecule is COCCC(C)(O)CNc1ccc(N)c(CC#N)c1. The molecule has 4 N–H and O–H groups in total. The van der Waals surface area contributed by atoms with E-state index in [4.69, 9.17) is 15.7 Å². The normalized spacial score (nSPS) is 13.6. The molecule has 104 valence electrons. The smallest absolute Gasteiger partial charge is 0.0813 e. The lowest BCUT2D eigenvalue weighted by molar-refractivity contribution is 0.0357. The molecule has 0 aliphatic rings. The molecule has 0 aromatic heterocycles. The minimum Gasteiger partial charge on any atom is -0.398 e. The molecule has 0 aliphatic carbocycles. The zero-order valence-corrected chi connectivity index (χ0v) is 11.4. The molecule has 0 bridgehead atoms. The maximum absolute atomic E-state index is 10.1. The lowest BCUT2D eigenvalue weighted by Gasteiger charge is -2.24. The van der Waals surface area contributed by atoms with E-state index in [0.29, 0.717) is 25.3 Å². The van der Waals surface area contributed by atoms with Crippen molar-refractivity contribution >= 4 is 11.4 Å². The monoisotopic (exact) mass is 263 g/mol. The fraction of sp³-hybridized carbons (Fsp3) is 0.500. The summed E-state index contributed by atoms with van der Waals surface area (Å²) in [5.74, 6) is 0. The van der Waals surface area contributed by atoms with Crippen LogP contribution in [0.3, 0.4) is 0 Å². The molecule has 5 heteroatoms. The minimum absolute atomic E-state index is 0.279. The molecule has 19 heavy (non-hydrogen) atoms. The van der Waals surface area contributed by atoms with Gasteiger partial charge in [0.05, 0.1) is 18.1 Å². The highest BCUT2D eigenvalue weighted by Crippen LogP contribution is 2.19. The first-order valence-electron chi connectivity index (χ1n) is 6.19. The van der Waals surface area contributed by atoms with Crippen LogP contribution in [0.25, 0.3) is 0 Å². The molecule has 1 unspecified atom stereocenters. The summed E-state index contributed by atoms with van der Waals surface area (Å²) < 4.78 is 4.96. The number of rotatable bonds is 7. The first-order chi connectivity index (χ1) is 8.98. The highest BCUT2D eigenvalue weighted by Gasteiger charge is 2.19. The standard InChI is InChI=1S/C14H21N3O2/c1-14(18,6-8-19-2)10-17-12-3-4-13(16)11(9-12)5-7-15/h3-4,9,17-18H,5-6,8,10,16H2,1-2H3. The summed E-state index contributed by atoms with van der Waals surface area (Å²) in [6, 6.07) is 7.52. The average Bonchev–Trinajstić information content (AvgIpc) is 2.38. The summed E-state index contributed by atoms with van der Waals surface area (Å²) in [6.07, 6.45) is 0.831. The molecule has 1 rings (SSSR count). The van der Waals surface area contributed by atoms with Crippen LogP contribution in [0.2, 0.25) is 0 Å². The van der Waals surface area contributed by atoms with Crippen LogP contribution >= 0.6 is 0 Å². The quantitative estimate of drug-likeness (QED) is 0.649. The van der Waals surface area contributed by atoms with Crippen LogP contribution < -0.4 is 11.1 Å². The molecule has 0 radical (unpaired) electrons. The summed E-state index contributed by atoms with van der Waals surface area (Å²) in [4.78, 5) is 0. The van der Waals surface area contributed by atoms with Crippen molar-refractivity contribution in [3.63, 3.8) is 0 Å². The highest BCUT2D eigenvalue weighted by atomic mass is 16.5. The minimum atomic E-state index is -0.840. The molecule has 1 aromatic carbocycles. The van der Waals surface area contributed by atoms with Gasteiger partial charge in [-0.15, -0.1) is 0 Å². The molecule has 0 spiro atoms. The van der Waals surface area contributed by atoms with Gasteiger partial charge in [-0.05, 0) is 30.7 Å². The van der Waals surface area contributed by atoms with E-state index in [1.165, 1.54) is 0 Å². The lowest BCUT2D eigenvalue weighted by atomic mass is 10.0. The average molecular weight is 263 g/mol. The maximum Gasteiger partial charge on any atom is 0.0813 e. The van der Waals surface area contributed by atoms with Crippen LogP contribution in [0.1, 0.15) is 18.9 Å². The number of hydrogen-bond donors (Lipinski definition) is 3. The molecule has 0 heterocycles. The Balaban J connectivity index is 2.63. The number of ether oxygens (including phenoxy) is 1. The van der Waals surface area contributed by atoms with E-state index in [2.05, 4.69) is 11.4 Å². The predicted octanol–water partition coefficient (Wildman–Crippen LogP) is 1.53. The lowest BCUT2D eigenvalue weighted by Crippen LogP contribution is -2.34. The van der Waals surface area contributed by atoms with Crippen molar-refractivity contribution in [2.45, 2.75) is 25.4 Å². The molecule has 0 saturated carbocycles. The first-order valence-corrected chi connectivity index (χ1v) is 6.19. The maximum atomic E-state index is 10.1. The Morgan fingerprint density at radius 1 is 1.53 bits per heavy atom. The van der Waals surface area contributed by atoms with E-state index in [0.717, 1.165) is 11.3 Å². The Bertz CT molecular complexity index is 452. The van der Waals surface area contributed by atoms with Gasteiger partial charge in [0, 0.05) is 38.1 Å². The fourth-order valence-corrected chi connectivity index (χ4v) is 1.66. The molecule has 0 fully saturated rings. The number of hydrogen-bond acceptors (Lipinski definition) is 5. The fourth-order valence-electron chi connectivity index (χ4n) is 1.66. The van der Waals surface area contributed by atoms with E-state index >= 15 is 0 Å². The number of nitriles is 1. The van der Waals surface area contributed by atoms with Crippen LogP contribution in [0.15, 0.2) is 18.2 Å². The van der Waals surface area contributed by atoms with E-state index in [-0.39, 0.29) is 6.42 Å². The zero-order chi connectivity index (χ0) is 14.3. The van der Waals surface area contributed by atoms with Crippen molar-refractivity contribution in [1.82, 2.24) is 0 Å². The van der Waals surface area contributed by atoms with Gasteiger partial charge in [0.2, 0.25) is 0 Å². The van der Waals surface area contributed by atoms with Crippen LogP contribution in [0, 0.1) is 11.3 Å². The second-order valence-corrected chi connectivity index (χ2v) is 4.84. The van der Waals surface area contributed by atoms with Gasteiger partial charge in [-0.1, -0.05) is 0 Å². The molecule has 1 aromatic rings. The highest BCUT2D eigenvalue weighted by molar-refractivity contribution is 5.58. The Morgan fingerprint density at radius 3 is 2.89 bits per heavy atom. The molecule has 0 aliphatic heterocycles. The number of nitrogens with zero attached hydrogens (tertiary/aromatic N) is 1. The summed E-state index contributed by atoms with van der Waals surface area (Å²) in [7, 11) is 1.61. The number of nitrogens with two attached hydrogens (primary N) is 1. The molecule has 1 atom stereocenters. The van der Waals surface area contributed by atoms with Crippen LogP contribution in [-0.2, 0) is 11.2 Å². The Kier molecular flexibility index (Phi) is 5.61. The summed E-state index contributed by atoms with van der Waals surface area (Å²) in [5.41, 5.74) is 7.19. The van der Waals surface area contributed by atoms with Crippen LogP contribution in [0.5, 0.6) is 0 Å². The third-order valence-electron chi connectivity index (χ3n) is 2.93. The number of nitrogen functional groups attached to an aromatic ring is 1. The Hall–Kier alpha value is -1.77. The molecular weight excluding hydrogens is 242 g/mol. The summed E-state index contributed by atoms with van der Waals surface area (Å²) in [5, 5.41) is 22.0. The van der Waals surface area contributed by atoms with Crippen LogP contribution in [-0.4, -0.2) is 31.0 Å². The summed E-state index contributed by atoms with van der Waals surface area (Å²) in [6.45, 7) is 2.68. The van der Waals surface area contributed by atoms with Gasteiger partial charge in [0.1, 0.15) is 0 Å². The summed E-state index contributed by atoms with van der Waals surface area (Å²) >= 11 is 0. The number of nitrogens with one attached hydrogen (secondary N) is 1. The number of aliphatic hydroxyl groups is 1. The molecule has 0 saturated heterocycles. The van der Waals surface area contributed by atoms with E-state index in [9.17, 15) is 5.11 Å². The number of anilines is 2. The van der Waals surface area contributed by atoms with E-state index < -0.39 is 5.60 Å². The van der Waals surface area contributed by atoms with Crippen LogP contribution in [0.4, 0.5) is 11.4 Å². The predicted molar refractivity (Wildman–Crippen MR) is 75.8 cm³/mol. The zero-order valence-electron chi connectivity index (χ0n) is 11.4. The third kappa shape index (κ3) is 5.16. The van der Waals surface area contributed by atoms with Gasteiger partial charge in [-0.2, -0.15) is 5.26 Å². The number of benzene rings is 1. The second kappa shape index (κ2) is 6.98. The third-order valence-corrected chi connectivity index (χ3v) is 2.93. The van der Waals surface area contributed by atoms with Gasteiger partial charge < -0.3 is 20.9 Å². The molecular formula is C14H21N3O2. The van der Waals surface area contributed by atoms with Gasteiger partial charge >= 0.3 is 0 Å². The molecule has 0 amide bonds. The van der Waals surface area contributed by atoms with Gasteiger partial charge in [0.15, 0.2) is 0 Å². The van der Waals surface area contributed by atoms with Crippen molar-refractivity contribution in [2.75, 3.05) is 31.3 Å². The first kappa shape index (κ1) is 15.3. The van der Waals surface area contributed by atoms with Crippen molar-refractivity contribution in [3.8, 4) is 6.07 Å². The largest absolute Gasteiger partial charge is 0.398 e. The van der Waals surface area contributed by atoms with Crippen molar-refractivity contribution < 1.29 is 9.84 Å². The van der Waals surface area contributed by atoms with Crippen molar-refractivity contribution in [1.29, 1.82) is 5.26 Å². The molecule has 5 nitrogen and oxygen atoms in total. The van der Waals surface area contributed by atoms with Crippen molar-refractivity contribution in [3.05, 3.63) is 23.8 Å². The van der Waals surface area contributed by atoms with Crippen molar-refractivity contribution in [2.24, 2.45) is 0 Å². The topological polar surface area (TPSA) is 91.3 Å². The Morgan fingerprint density at radius 2 is 2.26 bits per heavy atom. The van der Waals surface area contributed by atoms with Gasteiger partial charge in [0.25, 0.3) is 0 Å². The van der Waals surface area contributed by atoms with Gasteiger partial charge in [-0.25, -0.2) is 0 Å². The van der Waals surface area contributed by atoms with E-state index in [1.807, 2.05) is 12.1 Å². The van der Waals surface area contributed by atoms with Gasteiger partial charge in [-0.3, -0.25) is 0 Å².